The summed E-state index contributed by atoms with van der Waals surface area (Å²) < 4.78 is 13.1. The van der Waals surface area contributed by atoms with E-state index in [1.807, 2.05) is 0 Å². The molecule has 19 heavy (non-hydrogen) atoms. The first-order chi connectivity index (χ1) is 8.97. The first-order valence-corrected chi connectivity index (χ1v) is 5.99. The Hall–Kier alpha value is -1.72. The van der Waals surface area contributed by atoms with E-state index in [1.165, 1.54) is 24.3 Å². The monoisotopic (exact) mass is 299 g/mol. The number of aryl methyl sites for hydroxylation is 1. The summed E-state index contributed by atoms with van der Waals surface area (Å²) in [6.07, 6.45) is 0. The van der Waals surface area contributed by atoms with Gasteiger partial charge < -0.3 is 5.32 Å². The van der Waals surface area contributed by atoms with Crippen molar-refractivity contribution in [2.45, 2.75) is 6.92 Å². The lowest BCUT2D eigenvalue weighted by molar-refractivity contribution is 0.102. The Morgan fingerprint density at radius 1 is 1.26 bits per heavy atom. The predicted octanol–water partition coefficient (Wildman–Crippen LogP) is 3.48. The molecule has 0 radical (unpaired) electrons. The molecule has 1 aromatic carbocycles. The highest BCUT2D eigenvalue weighted by molar-refractivity contribution is 6.34. The second-order valence-electron chi connectivity index (χ2n) is 3.79. The van der Waals surface area contributed by atoms with E-state index < -0.39 is 5.91 Å². The molecular weight excluding hydrogens is 292 g/mol. The van der Waals surface area contributed by atoms with Gasteiger partial charge in [-0.15, -0.1) is 10.2 Å². The highest BCUT2D eigenvalue weighted by Gasteiger charge is 2.13. The number of aromatic nitrogens is 2. The van der Waals surface area contributed by atoms with Crippen LogP contribution in [0, 0.1) is 12.7 Å². The number of nitrogens with zero attached hydrogens (tertiary/aromatic N) is 2. The first kappa shape index (κ1) is 13.7. The Morgan fingerprint density at radius 3 is 2.68 bits per heavy atom. The maximum Gasteiger partial charge on any atom is 0.258 e. The van der Waals surface area contributed by atoms with Crippen LogP contribution in [0.3, 0.4) is 0 Å². The molecule has 0 bridgehead atoms. The lowest BCUT2D eigenvalue weighted by Gasteiger charge is -2.07. The van der Waals surface area contributed by atoms with Crippen LogP contribution in [0.4, 0.5) is 10.1 Å². The standard InChI is InChI=1S/C12H8Cl2FN3O/c1-6-4-7(2-3-9(6)15)16-12(19)8-5-10(13)17-18-11(8)14/h2-5H,1H3,(H,16,19). The van der Waals surface area contributed by atoms with Gasteiger partial charge in [0.05, 0.1) is 5.56 Å². The average molecular weight is 300 g/mol. The Balaban J connectivity index is 2.25. The minimum atomic E-state index is -0.493. The summed E-state index contributed by atoms with van der Waals surface area (Å²) in [6, 6.07) is 5.54. The smallest absolute Gasteiger partial charge is 0.258 e. The molecule has 0 fully saturated rings. The number of nitrogens with one attached hydrogen (secondary N) is 1. The van der Waals surface area contributed by atoms with E-state index in [-0.39, 0.29) is 21.7 Å². The summed E-state index contributed by atoms with van der Waals surface area (Å²) in [4.78, 5) is 12.0. The van der Waals surface area contributed by atoms with E-state index in [4.69, 9.17) is 23.2 Å². The van der Waals surface area contributed by atoms with Gasteiger partial charge in [0.2, 0.25) is 0 Å². The number of benzene rings is 1. The van der Waals surface area contributed by atoms with Gasteiger partial charge in [0.15, 0.2) is 10.3 Å². The molecule has 7 heteroatoms. The SMILES string of the molecule is Cc1cc(NC(=O)c2cc(Cl)nnc2Cl)ccc1F. The van der Waals surface area contributed by atoms with Crippen molar-refractivity contribution in [3.8, 4) is 0 Å². The zero-order valence-corrected chi connectivity index (χ0v) is 11.3. The van der Waals surface area contributed by atoms with E-state index in [1.54, 1.807) is 6.92 Å². The van der Waals surface area contributed by atoms with Crippen LogP contribution in [-0.4, -0.2) is 16.1 Å². The maximum absolute atomic E-state index is 13.1. The van der Waals surface area contributed by atoms with Gasteiger partial charge in [-0.1, -0.05) is 23.2 Å². The molecule has 2 aromatic rings. The highest BCUT2D eigenvalue weighted by atomic mass is 35.5. The Kier molecular flexibility index (Phi) is 3.97. The molecule has 0 spiro atoms. The van der Waals surface area contributed by atoms with Gasteiger partial charge in [-0.3, -0.25) is 4.79 Å². The number of rotatable bonds is 2. The molecule has 2 rings (SSSR count). The van der Waals surface area contributed by atoms with Gasteiger partial charge in [0, 0.05) is 5.69 Å². The molecule has 4 nitrogen and oxygen atoms in total. The van der Waals surface area contributed by atoms with Crippen LogP contribution in [0.15, 0.2) is 24.3 Å². The number of hydrogen-bond acceptors (Lipinski definition) is 3. The zero-order valence-electron chi connectivity index (χ0n) is 9.75. The average Bonchev–Trinajstić information content (AvgIpc) is 2.36. The fraction of sp³-hybridized carbons (Fsp3) is 0.0833. The number of hydrogen-bond donors (Lipinski definition) is 1. The third-order valence-corrected chi connectivity index (χ3v) is 2.84. The van der Waals surface area contributed by atoms with Crippen LogP contribution < -0.4 is 5.32 Å². The van der Waals surface area contributed by atoms with E-state index in [2.05, 4.69) is 15.5 Å². The van der Waals surface area contributed by atoms with Crippen LogP contribution >= 0.6 is 23.2 Å². The fourth-order valence-corrected chi connectivity index (χ4v) is 1.76. The van der Waals surface area contributed by atoms with Crippen molar-refractivity contribution in [1.29, 1.82) is 0 Å². The topological polar surface area (TPSA) is 54.9 Å². The van der Waals surface area contributed by atoms with Crippen molar-refractivity contribution in [2.75, 3.05) is 5.32 Å². The van der Waals surface area contributed by atoms with Crippen LogP contribution in [0.1, 0.15) is 15.9 Å². The predicted molar refractivity (Wildman–Crippen MR) is 71.1 cm³/mol. The van der Waals surface area contributed by atoms with Gasteiger partial charge in [0.25, 0.3) is 5.91 Å². The quantitative estimate of drug-likeness (QED) is 0.923. The molecule has 98 valence electrons. The van der Waals surface area contributed by atoms with Crippen molar-refractivity contribution in [2.24, 2.45) is 0 Å². The number of amides is 1. The molecule has 0 aliphatic rings. The molecule has 1 heterocycles. The summed E-state index contributed by atoms with van der Waals surface area (Å²) in [5.74, 6) is -0.836. The van der Waals surface area contributed by atoms with E-state index in [9.17, 15) is 9.18 Å². The Morgan fingerprint density at radius 2 is 2.00 bits per heavy atom. The van der Waals surface area contributed by atoms with Crippen molar-refractivity contribution in [3.05, 3.63) is 51.5 Å². The van der Waals surface area contributed by atoms with E-state index in [0.29, 0.717) is 11.3 Å². The lowest BCUT2D eigenvalue weighted by Crippen LogP contribution is -2.13. The van der Waals surface area contributed by atoms with Gasteiger partial charge in [-0.05, 0) is 36.8 Å². The van der Waals surface area contributed by atoms with Gasteiger partial charge in [0.1, 0.15) is 5.82 Å². The third-order valence-electron chi connectivity index (χ3n) is 2.38. The molecule has 0 aliphatic heterocycles. The minimum absolute atomic E-state index is 0.0549. The number of anilines is 1. The van der Waals surface area contributed by atoms with Crippen molar-refractivity contribution in [1.82, 2.24) is 10.2 Å². The van der Waals surface area contributed by atoms with Crippen molar-refractivity contribution >= 4 is 34.8 Å². The number of halogens is 3. The third kappa shape index (κ3) is 3.19. The zero-order chi connectivity index (χ0) is 14.0. The van der Waals surface area contributed by atoms with Gasteiger partial charge in [-0.25, -0.2) is 4.39 Å². The maximum atomic E-state index is 13.1. The van der Waals surface area contributed by atoms with Crippen LogP contribution in [-0.2, 0) is 0 Å². The van der Waals surface area contributed by atoms with Crippen molar-refractivity contribution in [3.63, 3.8) is 0 Å². The fourth-order valence-electron chi connectivity index (χ4n) is 1.43. The molecule has 0 aliphatic carbocycles. The molecule has 1 amide bonds. The molecule has 1 N–H and O–H groups in total. The van der Waals surface area contributed by atoms with Crippen LogP contribution in [0.5, 0.6) is 0 Å². The minimum Gasteiger partial charge on any atom is -0.322 e. The number of carbonyl (C=O) groups excluding carboxylic acids is 1. The molecule has 1 aromatic heterocycles. The highest BCUT2D eigenvalue weighted by Crippen LogP contribution is 2.19. The Labute approximate surface area is 118 Å². The first-order valence-electron chi connectivity index (χ1n) is 5.23. The lowest BCUT2D eigenvalue weighted by atomic mass is 10.2. The van der Waals surface area contributed by atoms with Crippen molar-refractivity contribution < 1.29 is 9.18 Å². The van der Waals surface area contributed by atoms with E-state index >= 15 is 0 Å². The molecule has 0 saturated carbocycles. The van der Waals surface area contributed by atoms with Crippen LogP contribution in [0.2, 0.25) is 10.3 Å². The normalized spacial score (nSPS) is 10.3. The van der Waals surface area contributed by atoms with Crippen LogP contribution in [0.25, 0.3) is 0 Å². The summed E-state index contributed by atoms with van der Waals surface area (Å²) >= 11 is 11.4. The van der Waals surface area contributed by atoms with E-state index in [0.717, 1.165) is 0 Å². The molecule has 0 atom stereocenters. The second kappa shape index (κ2) is 5.50. The molecular formula is C12H8Cl2FN3O. The summed E-state index contributed by atoms with van der Waals surface area (Å²) in [5.41, 5.74) is 0.978. The molecule has 0 saturated heterocycles. The number of carbonyl (C=O) groups is 1. The summed E-state index contributed by atoms with van der Waals surface area (Å²) in [5, 5.41) is 9.63. The Bertz CT molecular complexity index is 649. The largest absolute Gasteiger partial charge is 0.322 e. The molecule has 0 unspecified atom stereocenters. The summed E-state index contributed by atoms with van der Waals surface area (Å²) in [6.45, 7) is 1.60. The second-order valence-corrected chi connectivity index (χ2v) is 4.53. The van der Waals surface area contributed by atoms with Gasteiger partial charge in [-0.2, -0.15) is 0 Å². The summed E-state index contributed by atoms with van der Waals surface area (Å²) in [7, 11) is 0. The van der Waals surface area contributed by atoms with Gasteiger partial charge >= 0.3 is 0 Å².